The Morgan fingerprint density at radius 3 is 2.80 bits per heavy atom. The molecule has 0 amide bonds. The number of esters is 1. The molecule has 0 bridgehead atoms. The maximum absolute atomic E-state index is 11.5. The maximum atomic E-state index is 11.5. The van der Waals surface area contributed by atoms with Crippen LogP contribution in [0.15, 0.2) is 24.3 Å². The summed E-state index contributed by atoms with van der Waals surface area (Å²) in [4.78, 5) is 11.5. The summed E-state index contributed by atoms with van der Waals surface area (Å²) in [5, 5.41) is 0. The molecular formula is C12H16O3. The van der Waals surface area contributed by atoms with Crippen molar-refractivity contribution in [3.05, 3.63) is 35.4 Å². The van der Waals surface area contributed by atoms with Gasteiger partial charge in [-0.15, -0.1) is 0 Å². The van der Waals surface area contributed by atoms with E-state index in [1.807, 2.05) is 18.2 Å². The molecule has 1 rings (SSSR count). The van der Waals surface area contributed by atoms with Gasteiger partial charge >= 0.3 is 5.97 Å². The minimum atomic E-state index is -0.289. The molecule has 0 aliphatic rings. The van der Waals surface area contributed by atoms with E-state index in [4.69, 9.17) is 9.47 Å². The van der Waals surface area contributed by atoms with E-state index in [0.29, 0.717) is 18.8 Å². The summed E-state index contributed by atoms with van der Waals surface area (Å²) in [7, 11) is 1.57. The topological polar surface area (TPSA) is 35.5 Å². The number of carbonyl (C=O) groups is 1. The molecule has 1 aromatic rings. The highest BCUT2D eigenvalue weighted by Crippen LogP contribution is 2.07. The quantitative estimate of drug-likeness (QED) is 0.548. The van der Waals surface area contributed by atoms with Crippen molar-refractivity contribution in [2.75, 3.05) is 20.3 Å². The van der Waals surface area contributed by atoms with E-state index in [-0.39, 0.29) is 5.97 Å². The van der Waals surface area contributed by atoms with Gasteiger partial charge in [-0.3, -0.25) is 0 Å². The van der Waals surface area contributed by atoms with Crippen molar-refractivity contribution in [1.82, 2.24) is 0 Å². The predicted molar refractivity (Wildman–Crippen MR) is 58.0 cm³/mol. The molecule has 0 atom stereocenters. The Bertz CT molecular complexity index is 320. The van der Waals surface area contributed by atoms with Crippen LogP contribution in [0, 0.1) is 0 Å². The number of rotatable bonds is 5. The first-order valence-corrected chi connectivity index (χ1v) is 5.03. The minimum Gasteiger partial charge on any atom is -0.460 e. The third-order valence-corrected chi connectivity index (χ3v) is 2.09. The Morgan fingerprint density at radius 2 is 2.13 bits per heavy atom. The smallest absolute Gasteiger partial charge is 0.338 e. The molecule has 0 spiro atoms. The van der Waals surface area contributed by atoms with Gasteiger partial charge in [0.1, 0.15) is 6.61 Å². The van der Waals surface area contributed by atoms with Crippen molar-refractivity contribution < 1.29 is 14.3 Å². The van der Waals surface area contributed by atoms with Gasteiger partial charge in [0.15, 0.2) is 0 Å². The van der Waals surface area contributed by atoms with Gasteiger partial charge in [-0.05, 0) is 24.1 Å². The summed E-state index contributed by atoms with van der Waals surface area (Å²) in [5.41, 5.74) is 1.74. The van der Waals surface area contributed by atoms with Gasteiger partial charge in [0.2, 0.25) is 0 Å². The van der Waals surface area contributed by atoms with E-state index < -0.39 is 0 Å². The van der Waals surface area contributed by atoms with Gasteiger partial charge in [-0.2, -0.15) is 0 Å². The molecule has 0 N–H and O–H groups in total. The molecular weight excluding hydrogens is 192 g/mol. The average Bonchev–Trinajstić information content (AvgIpc) is 2.29. The second-order valence-electron chi connectivity index (χ2n) is 3.18. The number of benzene rings is 1. The molecule has 0 saturated heterocycles. The zero-order chi connectivity index (χ0) is 11.1. The van der Waals surface area contributed by atoms with E-state index in [2.05, 4.69) is 6.92 Å². The summed E-state index contributed by atoms with van der Waals surface area (Å²) in [5.74, 6) is -0.289. The molecule has 15 heavy (non-hydrogen) atoms. The Kier molecular flexibility index (Phi) is 4.84. The van der Waals surface area contributed by atoms with Gasteiger partial charge < -0.3 is 9.47 Å². The summed E-state index contributed by atoms with van der Waals surface area (Å²) in [6.07, 6.45) is 0.916. The lowest BCUT2D eigenvalue weighted by atomic mass is 10.1. The first-order valence-electron chi connectivity index (χ1n) is 5.03. The fourth-order valence-electron chi connectivity index (χ4n) is 1.22. The summed E-state index contributed by atoms with van der Waals surface area (Å²) in [6, 6.07) is 7.47. The van der Waals surface area contributed by atoms with Crippen molar-refractivity contribution in [2.24, 2.45) is 0 Å². The zero-order valence-corrected chi connectivity index (χ0v) is 9.16. The van der Waals surface area contributed by atoms with Crippen LogP contribution in [0.3, 0.4) is 0 Å². The number of methoxy groups -OCH3 is 1. The first kappa shape index (κ1) is 11.7. The first-order chi connectivity index (χ1) is 7.27. The zero-order valence-electron chi connectivity index (χ0n) is 9.16. The Labute approximate surface area is 90.0 Å². The Hall–Kier alpha value is -1.35. The Morgan fingerprint density at radius 1 is 1.33 bits per heavy atom. The standard InChI is InChI=1S/C12H16O3/c1-3-10-5-4-6-11(9-10)12(13)15-8-7-14-2/h4-6,9H,3,7-8H2,1-2H3. The van der Waals surface area contributed by atoms with E-state index in [1.165, 1.54) is 0 Å². The second kappa shape index (κ2) is 6.19. The lowest BCUT2D eigenvalue weighted by Gasteiger charge is -2.05. The SMILES string of the molecule is CCc1cccc(C(=O)OCCOC)c1. The second-order valence-corrected chi connectivity index (χ2v) is 3.18. The highest BCUT2D eigenvalue weighted by atomic mass is 16.6. The highest BCUT2D eigenvalue weighted by Gasteiger charge is 2.06. The molecule has 82 valence electrons. The largest absolute Gasteiger partial charge is 0.460 e. The summed E-state index contributed by atoms with van der Waals surface area (Å²) in [6.45, 7) is 2.78. The van der Waals surface area contributed by atoms with Crippen LogP contribution < -0.4 is 0 Å². The molecule has 0 aliphatic carbocycles. The molecule has 0 aromatic heterocycles. The van der Waals surface area contributed by atoms with Crippen molar-refractivity contribution in [2.45, 2.75) is 13.3 Å². The van der Waals surface area contributed by atoms with Crippen LogP contribution in [0.5, 0.6) is 0 Å². The molecule has 0 heterocycles. The predicted octanol–water partition coefficient (Wildman–Crippen LogP) is 2.05. The number of ether oxygens (including phenoxy) is 2. The van der Waals surface area contributed by atoms with E-state index in [0.717, 1.165) is 12.0 Å². The lowest BCUT2D eigenvalue weighted by molar-refractivity contribution is 0.0388. The van der Waals surface area contributed by atoms with Crippen molar-refractivity contribution >= 4 is 5.97 Å². The van der Waals surface area contributed by atoms with Gasteiger partial charge in [0.25, 0.3) is 0 Å². The molecule has 0 fully saturated rings. The van der Waals surface area contributed by atoms with Crippen LogP contribution in [-0.2, 0) is 15.9 Å². The normalized spacial score (nSPS) is 10.0. The van der Waals surface area contributed by atoms with E-state index in [1.54, 1.807) is 13.2 Å². The van der Waals surface area contributed by atoms with Crippen molar-refractivity contribution in [3.8, 4) is 0 Å². The fourth-order valence-corrected chi connectivity index (χ4v) is 1.22. The minimum absolute atomic E-state index is 0.289. The van der Waals surface area contributed by atoms with Crippen LogP contribution in [0.4, 0.5) is 0 Å². The third kappa shape index (κ3) is 3.72. The van der Waals surface area contributed by atoms with Gasteiger partial charge in [0.05, 0.1) is 12.2 Å². The van der Waals surface area contributed by atoms with Gasteiger partial charge in [-0.1, -0.05) is 19.1 Å². The monoisotopic (exact) mass is 208 g/mol. The average molecular weight is 208 g/mol. The fraction of sp³-hybridized carbons (Fsp3) is 0.417. The van der Waals surface area contributed by atoms with E-state index >= 15 is 0 Å². The number of aryl methyl sites for hydroxylation is 1. The molecule has 0 saturated carbocycles. The maximum Gasteiger partial charge on any atom is 0.338 e. The molecule has 1 aromatic carbocycles. The third-order valence-electron chi connectivity index (χ3n) is 2.09. The van der Waals surface area contributed by atoms with Gasteiger partial charge in [-0.25, -0.2) is 4.79 Å². The molecule has 3 nitrogen and oxygen atoms in total. The molecule has 3 heteroatoms. The summed E-state index contributed by atoms with van der Waals surface area (Å²) >= 11 is 0. The lowest BCUT2D eigenvalue weighted by Crippen LogP contribution is -2.10. The number of hydrogen-bond donors (Lipinski definition) is 0. The van der Waals surface area contributed by atoms with Crippen LogP contribution in [0.25, 0.3) is 0 Å². The van der Waals surface area contributed by atoms with Crippen LogP contribution in [0.2, 0.25) is 0 Å². The van der Waals surface area contributed by atoms with Crippen molar-refractivity contribution in [3.63, 3.8) is 0 Å². The van der Waals surface area contributed by atoms with Crippen molar-refractivity contribution in [1.29, 1.82) is 0 Å². The van der Waals surface area contributed by atoms with E-state index in [9.17, 15) is 4.79 Å². The van der Waals surface area contributed by atoms with Crippen LogP contribution in [-0.4, -0.2) is 26.3 Å². The van der Waals surface area contributed by atoms with Gasteiger partial charge in [0, 0.05) is 7.11 Å². The van der Waals surface area contributed by atoms with Crippen LogP contribution in [0.1, 0.15) is 22.8 Å². The molecule has 0 aliphatic heterocycles. The summed E-state index contributed by atoms with van der Waals surface area (Å²) < 4.78 is 9.80. The number of hydrogen-bond acceptors (Lipinski definition) is 3. The molecule has 0 unspecified atom stereocenters. The number of carbonyl (C=O) groups excluding carboxylic acids is 1. The molecule has 0 radical (unpaired) electrons. The highest BCUT2D eigenvalue weighted by molar-refractivity contribution is 5.89. The van der Waals surface area contributed by atoms with Crippen LogP contribution >= 0.6 is 0 Å². The Balaban J connectivity index is 2.57.